The molecule has 1 aliphatic heterocycles. The Bertz CT molecular complexity index is 796. The molecule has 1 aliphatic rings. The molecule has 1 heterocycles. The molecule has 3 aromatic carbocycles. The number of alkyl halides is 1. The van der Waals surface area contributed by atoms with Gasteiger partial charge < -0.3 is 5.32 Å². The Hall–Kier alpha value is -2.25. The first-order chi connectivity index (χ1) is 11.9. The lowest BCUT2D eigenvalue weighted by Crippen LogP contribution is -2.34. The van der Waals surface area contributed by atoms with Crippen molar-refractivity contribution >= 4 is 23.0 Å². The van der Waals surface area contributed by atoms with Gasteiger partial charge in [-0.1, -0.05) is 66.7 Å². The largest absolute Gasteiger partial charge is 0.355 e. The lowest BCUT2D eigenvalue weighted by Gasteiger charge is -2.42. The molecule has 4 rings (SSSR count). The number of halogens is 1. The van der Waals surface area contributed by atoms with Crippen molar-refractivity contribution in [3.05, 3.63) is 95.6 Å². The highest BCUT2D eigenvalue weighted by Crippen LogP contribution is 2.51. The first-order valence-corrected chi connectivity index (χ1v) is 8.97. The minimum atomic E-state index is -0.158. The molecule has 0 atom stereocenters. The summed E-state index contributed by atoms with van der Waals surface area (Å²) >= 11 is 6.11. The maximum atomic E-state index is 6.11. The molecule has 0 saturated carbocycles. The zero-order valence-corrected chi connectivity index (χ0v) is 14.3. The number of nitrogens with one attached hydrogen (secondary N) is 1. The van der Waals surface area contributed by atoms with E-state index in [0.717, 1.165) is 12.8 Å². The zero-order chi connectivity index (χ0) is 16.4. The van der Waals surface area contributed by atoms with Crippen LogP contribution in [0.15, 0.2) is 78.9 Å². The van der Waals surface area contributed by atoms with E-state index in [4.69, 9.17) is 11.6 Å². The molecule has 120 valence electrons. The van der Waals surface area contributed by atoms with Crippen LogP contribution in [0.2, 0.25) is 0 Å². The van der Waals surface area contributed by atoms with Crippen molar-refractivity contribution in [2.75, 3.05) is 11.2 Å². The fourth-order valence-electron chi connectivity index (χ4n) is 4.00. The van der Waals surface area contributed by atoms with Crippen LogP contribution in [0.4, 0.5) is 11.4 Å². The first kappa shape index (κ1) is 15.3. The van der Waals surface area contributed by atoms with E-state index in [1.807, 2.05) is 0 Å². The highest BCUT2D eigenvalue weighted by molar-refractivity contribution is 6.17. The molecule has 0 spiro atoms. The van der Waals surface area contributed by atoms with E-state index in [0.29, 0.717) is 5.88 Å². The van der Waals surface area contributed by atoms with Gasteiger partial charge in [0, 0.05) is 22.7 Å². The van der Waals surface area contributed by atoms with Crippen LogP contribution in [0, 0.1) is 0 Å². The molecule has 1 nitrogen and oxygen atoms in total. The van der Waals surface area contributed by atoms with Gasteiger partial charge in [0.25, 0.3) is 0 Å². The maximum absolute atomic E-state index is 6.11. The van der Waals surface area contributed by atoms with E-state index in [1.54, 1.807) is 0 Å². The molecule has 0 amide bonds. The highest BCUT2D eigenvalue weighted by atomic mass is 35.5. The average Bonchev–Trinajstić information content (AvgIpc) is 2.66. The van der Waals surface area contributed by atoms with Crippen molar-refractivity contribution in [1.82, 2.24) is 0 Å². The fourth-order valence-corrected chi connectivity index (χ4v) is 4.13. The molecule has 0 bridgehead atoms. The smallest absolute Gasteiger partial charge is 0.0492 e. The van der Waals surface area contributed by atoms with Gasteiger partial charge >= 0.3 is 0 Å². The fraction of sp³-hybridized carbons (Fsp3) is 0.182. The molecule has 2 heteroatoms. The SMILES string of the molecule is ClCCCC1(c2ccccc2)c2ccccc2Nc2ccccc21. The average molecular weight is 334 g/mol. The van der Waals surface area contributed by atoms with E-state index in [2.05, 4.69) is 84.2 Å². The van der Waals surface area contributed by atoms with E-state index < -0.39 is 0 Å². The Morgan fingerprint density at radius 2 is 1.25 bits per heavy atom. The van der Waals surface area contributed by atoms with Crippen LogP contribution in [0.1, 0.15) is 29.5 Å². The van der Waals surface area contributed by atoms with Crippen LogP contribution in [0.3, 0.4) is 0 Å². The van der Waals surface area contributed by atoms with Gasteiger partial charge in [-0.2, -0.15) is 0 Å². The summed E-state index contributed by atoms with van der Waals surface area (Å²) in [4.78, 5) is 0. The number of hydrogen-bond donors (Lipinski definition) is 1. The van der Waals surface area contributed by atoms with Gasteiger partial charge in [0.1, 0.15) is 0 Å². The lowest BCUT2D eigenvalue weighted by molar-refractivity contribution is 0.550. The van der Waals surface area contributed by atoms with Crippen molar-refractivity contribution < 1.29 is 0 Å². The molecule has 1 N–H and O–H groups in total. The minimum Gasteiger partial charge on any atom is -0.355 e. The van der Waals surface area contributed by atoms with Crippen LogP contribution in [-0.2, 0) is 5.41 Å². The molecule has 0 unspecified atom stereocenters. The molecular formula is C22H20ClN. The topological polar surface area (TPSA) is 12.0 Å². The predicted molar refractivity (Wildman–Crippen MR) is 102 cm³/mol. The Balaban J connectivity index is 2.04. The summed E-state index contributed by atoms with van der Waals surface area (Å²) in [6, 6.07) is 28.1. The summed E-state index contributed by atoms with van der Waals surface area (Å²) in [5, 5.41) is 3.61. The molecule has 0 radical (unpaired) electrons. The monoisotopic (exact) mass is 333 g/mol. The van der Waals surface area contributed by atoms with Crippen LogP contribution < -0.4 is 5.32 Å². The summed E-state index contributed by atoms with van der Waals surface area (Å²) in [5.74, 6) is 0.673. The summed E-state index contributed by atoms with van der Waals surface area (Å²) < 4.78 is 0. The number of hydrogen-bond acceptors (Lipinski definition) is 1. The standard InChI is InChI=1S/C22H20ClN/c23-16-8-15-22(17-9-2-1-3-10-17)18-11-4-6-13-20(18)24-21-14-7-5-12-19(21)22/h1-7,9-14,24H,8,15-16H2. The van der Waals surface area contributed by atoms with Crippen molar-refractivity contribution in [2.24, 2.45) is 0 Å². The second-order valence-corrected chi connectivity index (χ2v) is 6.66. The Morgan fingerprint density at radius 1 is 0.708 bits per heavy atom. The summed E-state index contributed by atoms with van der Waals surface area (Å²) in [6.45, 7) is 0. The van der Waals surface area contributed by atoms with Gasteiger partial charge in [-0.25, -0.2) is 0 Å². The predicted octanol–water partition coefficient (Wildman–Crippen LogP) is 6.10. The Morgan fingerprint density at radius 3 is 1.83 bits per heavy atom. The molecular weight excluding hydrogens is 314 g/mol. The molecule has 0 aromatic heterocycles. The third-order valence-electron chi connectivity index (χ3n) is 5.00. The Labute approximate surface area is 148 Å². The maximum Gasteiger partial charge on any atom is 0.0492 e. The summed E-state index contributed by atoms with van der Waals surface area (Å²) in [7, 11) is 0. The van der Waals surface area contributed by atoms with Crippen LogP contribution in [0.5, 0.6) is 0 Å². The Kier molecular flexibility index (Phi) is 4.03. The molecule has 3 aromatic rings. The van der Waals surface area contributed by atoms with Crippen molar-refractivity contribution in [3.63, 3.8) is 0 Å². The molecule has 24 heavy (non-hydrogen) atoms. The van der Waals surface area contributed by atoms with Gasteiger partial charge in [-0.05, 0) is 41.7 Å². The van der Waals surface area contributed by atoms with Crippen LogP contribution >= 0.6 is 11.6 Å². The molecule has 0 aliphatic carbocycles. The van der Waals surface area contributed by atoms with Crippen molar-refractivity contribution in [3.8, 4) is 0 Å². The second-order valence-electron chi connectivity index (χ2n) is 6.28. The van der Waals surface area contributed by atoms with E-state index in [-0.39, 0.29) is 5.41 Å². The van der Waals surface area contributed by atoms with Gasteiger partial charge in [-0.15, -0.1) is 11.6 Å². The third kappa shape index (κ3) is 2.32. The van der Waals surface area contributed by atoms with Gasteiger partial charge in [0.05, 0.1) is 0 Å². The normalized spacial score (nSPS) is 14.4. The van der Waals surface area contributed by atoms with Gasteiger partial charge in [0.15, 0.2) is 0 Å². The van der Waals surface area contributed by atoms with Crippen LogP contribution in [0.25, 0.3) is 0 Å². The quantitative estimate of drug-likeness (QED) is 0.569. The van der Waals surface area contributed by atoms with E-state index >= 15 is 0 Å². The number of fused-ring (bicyclic) bond motifs is 2. The van der Waals surface area contributed by atoms with Gasteiger partial charge in [0.2, 0.25) is 0 Å². The second kappa shape index (κ2) is 6.33. The zero-order valence-electron chi connectivity index (χ0n) is 13.5. The summed E-state index contributed by atoms with van der Waals surface area (Å²) in [5.41, 5.74) is 6.22. The number of para-hydroxylation sites is 2. The molecule has 0 saturated heterocycles. The third-order valence-corrected chi connectivity index (χ3v) is 5.26. The number of anilines is 2. The highest BCUT2D eigenvalue weighted by Gasteiger charge is 2.41. The van der Waals surface area contributed by atoms with E-state index in [9.17, 15) is 0 Å². The van der Waals surface area contributed by atoms with Crippen LogP contribution in [-0.4, -0.2) is 5.88 Å². The van der Waals surface area contributed by atoms with Crippen molar-refractivity contribution in [2.45, 2.75) is 18.3 Å². The first-order valence-electron chi connectivity index (χ1n) is 8.44. The summed E-state index contributed by atoms with van der Waals surface area (Å²) in [6.07, 6.45) is 1.97. The number of benzene rings is 3. The number of rotatable bonds is 4. The molecule has 0 fully saturated rings. The van der Waals surface area contributed by atoms with Gasteiger partial charge in [-0.3, -0.25) is 0 Å². The van der Waals surface area contributed by atoms with E-state index in [1.165, 1.54) is 28.1 Å². The van der Waals surface area contributed by atoms with Crippen molar-refractivity contribution in [1.29, 1.82) is 0 Å². The lowest BCUT2D eigenvalue weighted by atomic mass is 9.64. The minimum absolute atomic E-state index is 0.158.